The molecule has 104 valence electrons. The van der Waals surface area contributed by atoms with E-state index in [1.54, 1.807) is 11.3 Å². The fraction of sp³-hybridized carbons (Fsp3) is 0.833. The summed E-state index contributed by atoms with van der Waals surface area (Å²) in [5, 5.41) is 13.1. The summed E-state index contributed by atoms with van der Waals surface area (Å²) in [5.74, 6) is 0.570. The molecule has 1 heterocycles. The molecule has 1 aromatic heterocycles. The van der Waals surface area contributed by atoms with Gasteiger partial charge in [-0.15, -0.1) is 10.2 Å². The summed E-state index contributed by atoms with van der Waals surface area (Å²) in [5.41, 5.74) is 0. The molecular formula is C12H23N3O2S. The van der Waals surface area contributed by atoms with Gasteiger partial charge in [-0.3, -0.25) is 0 Å². The zero-order chi connectivity index (χ0) is 13.2. The molecule has 18 heavy (non-hydrogen) atoms. The van der Waals surface area contributed by atoms with Crippen molar-refractivity contribution < 1.29 is 9.47 Å². The van der Waals surface area contributed by atoms with Crippen LogP contribution >= 0.6 is 11.3 Å². The van der Waals surface area contributed by atoms with Crippen LogP contribution in [-0.4, -0.2) is 36.6 Å². The Morgan fingerprint density at radius 1 is 1.22 bits per heavy atom. The molecule has 0 radical (unpaired) electrons. The lowest BCUT2D eigenvalue weighted by Gasteiger charge is -2.06. The number of hydrogen-bond donors (Lipinski definition) is 1. The van der Waals surface area contributed by atoms with E-state index < -0.39 is 0 Å². The Morgan fingerprint density at radius 2 is 2.00 bits per heavy atom. The molecule has 0 aromatic carbocycles. The summed E-state index contributed by atoms with van der Waals surface area (Å²) in [6, 6.07) is 0. The van der Waals surface area contributed by atoms with E-state index in [2.05, 4.69) is 36.3 Å². The Balaban J connectivity index is 2.06. The number of ether oxygens (including phenoxy) is 2. The van der Waals surface area contributed by atoms with Crippen LogP contribution in [0.4, 0.5) is 5.13 Å². The van der Waals surface area contributed by atoms with Crippen LogP contribution in [-0.2, 0) is 16.1 Å². The topological polar surface area (TPSA) is 56.3 Å². The summed E-state index contributed by atoms with van der Waals surface area (Å²) in [6.07, 6.45) is 1.08. The van der Waals surface area contributed by atoms with Crippen LogP contribution < -0.4 is 5.32 Å². The first kappa shape index (κ1) is 15.3. The summed E-state index contributed by atoms with van der Waals surface area (Å²) >= 11 is 1.54. The minimum Gasteiger partial charge on any atom is -0.379 e. The average Bonchev–Trinajstić information content (AvgIpc) is 2.78. The molecule has 0 aliphatic heterocycles. The van der Waals surface area contributed by atoms with E-state index in [4.69, 9.17) is 9.47 Å². The fourth-order valence-corrected chi connectivity index (χ4v) is 1.91. The molecule has 0 amide bonds. The minimum atomic E-state index is 0.510. The van der Waals surface area contributed by atoms with Crippen LogP contribution in [0.25, 0.3) is 0 Å². The van der Waals surface area contributed by atoms with Crippen LogP contribution in [0.5, 0.6) is 0 Å². The van der Waals surface area contributed by atoms with Crippen molar-refractivity contribution in [2.24, 2.45) is 5.92 Å². The highest BCUT2D eigenvalue weighted by atomic mass is 32.1. The third kappa shape index (κ3) is 6.88. The zero-order valence-electron chi connectivity index (χ0n) is 11.4. The van der Waals surface area contributed by atoms with Gasteiger partial charge in [-0.1, -0.05) is 32.1 Å². The Kier molecular flexibility index (Phi) is 7.88. The van der Waals surface area contributed by atoms with Crippen LogP contribution in [0.2, 0.25) is 0 Å². The SMILES string of the molecule is CCCNc1nnc(COCCOCC(C)C)s1. The van der Waals surface area contributed by atoms with Crippen LogP contribution in [0, 0.1) is 5.92 Å². The van der Waals surface area contributed by atoms with Gasteiger partial charge in [0.2, 0.25) is 5.13 Å². The van der Waals surface area contributed by atoms with Crippen molar-refractivity contribution in [3.05, 3.63) is 5.01 Å². The average molecular weight is 273 g/mol. The summed E-state index contributed by atoms with van der Waals surface area (Å²) in [4.78, 5) is 0. The van der Waals surface area contributed by atoms with Gasteiger partial charge in [-0.05, 0) is 12.3 Å². The van der Waals surface area contributed by atoms with Gasteiger partial charge in [0.25, 0.3) is 0 Å². The molecule has 1 rings (SSSR count). The molecule has 0 aliphatic rings. The second kappa shape index (κ2) is 9.24. The largest absolute Gasteiger partial charge is 0.379 e. The van der Waals surface area contributed by atoms with Gasteiger partial charge >= 0.3 is 0 Å². The molecule has 0 saturated carbocycles. The second-order valence-corrected chi connectivity index (χ2v) is 5.51. The normalized spacial score (nSPS) is 11.1. The van der Waals surface area contributed by atoms with Gasteiger partial charge in [-0.25, -0.2) is 0 Å². The van der Waals surface area contributed by atoms with Gasteiger partial charge in [0, 0.05) is 13.2 Å². The molecule has 6 heteroatoms. The van der Waals surface area contributed by atoms with E-state index in [1.807, 2.05) is 0 Å². The summed E-state index contributed by atoms with van der Waals surface area (Å²) in [6.45, 7) is 9.85. The van der Waals surface area contributed by atoms with Crippen molar-refractivity contribution in [3.8, 4) is 0 Å². The number of hydrogen-bond acceptors (Lipinski definition) is 6. The molecule has 0 unspecified atom stereocenters. The van der Waals surface area contributed by atoms with E-state index in [9.17, 15) is 0 Å². The van der Waals surface area contributed by atoms with Gasteiger partial charge in [0.15, 0.2) is 0 Å². The Hall–Kier alpha value is -0.720. The third-order valence-corrected chi connectivity index (χ3v) is 2.90. The molecule has 1 N–H and O–H groups in total. The summed E-state index contributed by atoms with van der Waals surface area (Å²) in [7, 11) is 0. The molecule has 0 saturated heterocycles. The minimum absolute atomic E-state index is 0.510. The first-order chi connectivity index (χ1) is 8.72. The molecule has 0 fully saturated rings. The van der Waals surface area contributed by atoms with Gasteiger partial charge in [-0.2, -0.15) is 0 Å². The number of aromatic nitrogens is 2. The molecule has 0 bridgehead atoms. The first-order valence-electron chi connectivity index (χ1n) is 6.44. The highest BCUT2D eigenvalue weighted by Crippen LogP contribution is 2.15. The highest BCUT2D eigenvalue weighted by Gasteiger charge is 2.03. The predicted octanol–water partition coefficient (Wildman–Crippen LogP) is 2.55. The van der Waals surface area contributed by atoms with Crippen LogP contribution in [0.1, 0.15) is 32.2 Å². The molecule has 5 nitrogen and oxygen atoms in total. The second-order valence-electron chi connectivity index (χ2n) is 4.45. The Bertz CT molecular complexity index is 318. The fourth-order valence-electron chi connectivity index (χ4n) is 1.21. The number of rotatable bonds is 10. The van der Waals surface area contributed by atoms with Crippen LogP contribution in [0.15, 0.2) is 0 Å². The molecule has 0 atom stereocenters. The van der Waals surface area contributed by atoms with Crippen molar-refractivity contribution in [1.82, 2.24) is 10.2 Å². The monoisotopic (exact) mass is 273 g/mol. The van der Waals surface area contributed by atoms with Gasteiger partial charge in [0.05, 0.1) is 13.2 Å². The van der Waals surface area contributed by atoms with Crippen molar-refractivity contribution in [2.45, 2.75) is 33.8 Å². The molecule has 1 aromatic rings. The van der Waals surface area contributed by atoms with Crippen molar-refractivity contribution in [2.75, 3.05) is 31.7 Å². The third-order valence-electron chi connectivity index (χ3n) is 2.04. The maximum atomic E-state index is 5.47. The number of nitrogens with one attached hydrogen (secondary N) is 1. The van der Waals surface area contributed by atoms with Crippen molar-refractivity contribution in [3.63, 3.8) is 0 Å². The Morgan fingerprint density at radius 3 is 2.72 bits per heavy atom. The van der Waals surface area contributed by atoms with Gasteiger partial charge < -0.3 is 14.8 Å². The van der Waals surface area contributed by atoms with Crippen molar-refractivity contribution >= 4 is 16.5 Å². The molecule has 0 spiro atoms. The van der Waals surface area contributed by atoms with E-state index in [0.29, 0.717) is 25.7 Å². The number of anilines is 1. The highest BCUT2D eigenvalue weighted by molar-refractivity contribution is 7.15. The van der Waals surface area contributed by atoms with E-state index in [-0.39, 0.29) is 0 Å². The van der Waals surface area contributed by atoms with Gasteiger partial charge in [0.1, 0.15) is 11.6 Å². The van der Waals surface area contributed by atoms with Crippen molar-refractivity contribution in [1.29, 1.82) is 0 Å². The number of nitrogens with zero attached hydrogens (tertiary/aromatic N) is 2. The summed E-state index contributed by atoms with van der Waals surface area (Å²) < 4.78 is 10.9. The molecular weight excluding hydrogens is 250 g/mol. The lowest BCUT2D eigenvalue weighted by Crippen LogP contribution is -2.08. The van der Waals surface area contributed by atoms with E-state index in [1.165, 1.54) is 0 Å². The van der Waals surface area contributed by atoms with E-state index >= 15 is 0 Å². The lowest BCUT2D eigenvalue weighted by molar-refractivity contribution is 0.0312. The standard InChI is InChI=1S/C12H23N3O2S/c1-4-5-13-12-15-14-11(18-12)9-17-7-6-16-8-10(2)3/h10H,4-9H2,1-3H3,(H,13,15). The lowest BCUT2D eigenvalue weighted by atomic mass is 10.2. The zero-order valence-corrected chi connectivity index (χ0v) is 12.3. The van der Waals surface area contributed by atoms with Crippen LogP contribution in [0.3, 0.4) is 0 Å². The molecule has 0 aliphatic carbocycles. The Labute approximate surface area is 113 Å². The first-order valence-corrected chi connectivity index (χ1v) is 7.25. The quantitative estimate of drug-likeness (QED) is 0.664. The smallest absolute Gasteiger partial charge is 0.205 e. The maximum absolute atomic E-state index is 5.47. The van der Waals surface area contributed by atoms with E-state index in [0.717, 1.165) is 29.7 Å². The predicted molar refractivity (Wildman–Crippen MR) is 74.0 cm³/mol. The maximum Gasteiger partial charge on any atom is 0.205 e.